The maximum atomic E-state index is 11.7. The number of hydrogen-bond acceptors (Lipinski definition) is 4. The zero-order chi connectivity index (χ0) is 16.7. The van der Waals surface area contributed by atoms with Crippen molar-refractivity contribution >= 4 is 23.5 Å². The third-order valence-corrected chi connectivity index (χ3v) is 3.38. The predicted octanol–water partition coefficient (Wildman–Crippen LogP) is 1.44. The summed E-state index contributed by atoms with van der Waals surface area (Å²) in [5, 5.41) is 8.42. The Kier molecular flexibility index (Phi) is 6.34. The van der Waals surface area contributed by atoms with Crippen LogP contribution < -0.4 is 25.4 Å². The van der Waals surface area contributed by atoms with E-state index in [0.717, 1.165) is 12.0 Å². The van der Waals surface area contributed by atoms with Crippen LogP contribution >= 0.6 is 11.6 Å². The fourth-order valence-electron chi connectivity index (χ4n) is 2.05. The summed E-state index contributed by atoms with van der Waals surface area (Å²) >= 11 is 6.19. The van der Waals surface area contributed by atoms with E-state index in [-0.39, 0.29) is 11.9 Å². The molecule has 3 N–H and O–H groups in total. The van der Waals surface area contributed by atoms with Gasteiger partial charge in [-0.25, -0.2) is 4.79 Å². The van der Waals surface area contributed by atoms with E-state index in [9.17, 15) is 9.59 Å². The molecule has 0 atom stereocenters. The summed E-state index contributed by atoms with van der Waals surface area (Å²) in [5.41, 5.74) is 0.816. The van der Waals surface area contributed by atoms with Gasteiger partial charge in [0.05, 0.1) is 18.2 Å². The average molecular weight is 342 g/mol. The van der Waals surface area contributed by atoms with Gasteiger partial charge in [-0.1, -0.05) is 11.6 Å². The van der Waals surface area contributed by atoms with E-state index in [1.807, 2.05) is 6.07 Å². The Bertz CT molecular complexity index is 580. The number of rotatable bonds is 5. The molecular formula is C15H20ClN3O4. The first-order valence-corrected chi connectivity index (χ1v) is 7.78. The second kappa shape index (κ2) is 8.47. The Hall–Kier alpha value is -2.15. The van der Waals surface area contributed by atoms with Crippen LogP contribution in [0.25, 0.3) is 0 Å². The lowest BCUT2D eigenvalue weighted by Crippen LogP contribution is -2.39. The zero-order valence-electron chi connectivity index (χ0n) is 12.9. The highest BCUT2D eigenvalue weighted by atomic mass is 35.5. The molecule has 0 aliphatic carbocycles. The molecule has 8 heteroatoms. The number of carbonyl (C=O) groups excluding carboxylic acids is 2. The van der Waals surface area contributed by atoms with Gasteiger partial charge in [0.2, 0.25) is 5.91 Å². The first kappa shape index (κ1) is 17.2. The monoisotopic (exact) mass is 341 g/mol. The summed E-state index contributed by atoms with van der Waals surface area (Å²) in [6.07, 6.45) is 0.801. The molecule has 0 spiro atoms. The summed E-state index contributed by atoms with van der Waals surface area (Å²) in [7, 11) is 0. The van der Waals surface area contributed by atoms with Crippen molar-refractivity contribution in [3.05, 3.63) is 22.7 Å². The highest BCUT2D eigenvalue weighted by molar-refractivity contribution is 6.32. The molecule has 3 amide bonds. The summed E-state index contributed by atoms with van der Waals surface area (Å²) in [5.74, 6) is 1.01. The summed E-state index contributed by atoms with van der Waals surface area (Å²) < 4.78 is 11.2. The number of halogens is 1. The van der Waals surface area contributed by atoms with Crippen molar-refractivity contribution in [3.63, 3.8) is 0 Å². The number of carbonyl (C=O) groups is 2. The Balaban J connectivity index is 1.83. The van der Waals surface area contributed by atoms with Crippen molar-refractivity contribution < 1.29 is 19.1 Å². The van der Waals surface area contributed by atoms with Gasteiger partial charge in [0.1, 0.15) is 0 Å². The topological polar surface area (TPSA) is 88.7 Å². The highest BCUT2D eigenvalue weighted by Crippen LogP contribution is 2.37. The van der Waals surface area contributed by atoms with Crippen LogP contribution in [0.3, 0.4) is 0 Å². The van der Waals surface area contributed by atoms with Crippen molar-refractivity contribution in [3.8, 4) is 11.5 Å². The largest absolute Gasteiger partial charge is 0.489 e. The lowest BCUT2D eigenvalue weighted by molar-refractivity contribution is -0.118. The predicted molar refractivity (Wildman–Crippen MR) is 86.0 cm³/mol. The Labute approximate surface area is 139 Å². The van der Waals surface area contributed by atoms with Crippen LogP contribution in [0.4, 0.5) is 4.79 Å². The zero-order valence-corrected chi connectivity index (χ0v) is 13.7. The number of amides is 3. The van der Waals surface area contributed by atoms with Gasteiger partial charge in [-0.05, 0) is 17.7 Å². The van der Waals surface area contributed by atoms with E-state index < -0.39 is 0 Å². The summed E-state index contributed by atoms with van der Waals surface area (Å²) in [6, 6.07) is 3.23. The average Bonchev–Trinajstić information content (AvgIpc) is 2.75. The normalized spacial score (nSPS) is 13.0. The van der Waals surface area contributed by atoms with Crippen LogP contribution in [-0.4, -0.2) is 38.2 Å². The smallest absolute Gasteiger partial charge is 0.315 e. The van der Waals surface area contributed by atoms with Gasteiger partial charge in [-0.15, -0.1) is 0 Å². The maximum Gasteiger partial charge on any atom is 0.315 e. The van der Waals surface area contributed by atoms with E-state index in [0.29, 0.717) is 49.4 Å². The van der Waals surface area contributed by atoms with E-state index in [4.69, 9.17) is 21.1 Å². The molecule has 2 rings (SSSR count). The molecule has 1 aromatic rings. The fourth-order valence-corrected chi connectivity index (χ4v) is 2.33. The van der Waals surface area contributed by atoms with E-state index in [2.05, 4.69) is 16.0 Å². The van der Waals surface area contributed by atoms with Crippen molar-refractivity contribution in [1.82, 2.24) is 16.0 Å². The molecule has 126 valence electrons. The summed E-state index contributed by atoms with van der Waals surface area (Å²) in [4.78, 5) is 22.4. The van der Waals surface area contributed by atoms with Crippen LogP contribution in [0.5, 0.6) is 11.5 Å². The van der Waals surface area contributed by atoms with Gasteiger partial charge in [-0.3, -0.25) is 4.79 Å². The quantitative estimate of drug-likeness (QED) is 0.707. The molecule has 0 fully saturated rings. The van der Waals surface area contributed by atoms with Crippen molar-refractivity contribution in [2.75, 3.05) is 26.3 Å². The minimum Gasteiger partial charge on any atom is -0.489 e. The molecule has 23 heavy (non-hydrogen) atoms. The number of urea groups is 1. The number of hydrogen-bond donors (Lipinski definition) is 3. The molecule has 1 aliphatic heterocycles. The molecule has 7 nitrogen and oxygen atoms in total. The minimum absolute atomic E-state index is 0.131. The van der Waals surface area contributed by atoms with Gasteiger partial charge in [0.15, 0.2) is 11.5 Å². The lowest BCUT2D eigenvalue weighted by atomic mass is 10.2. The molecule has 1 aromatic carbocycles. The standard InChI is InChI=1S/C15H20ClN3O4/c1-10(20)17-3-4-18-15(21)19-9-11-7-12(16)14-13(8-11)22-5-2-6-23-14/h7-8H,2-6,9H2,1H3,(H,17,20)(H2,18,19,21). The van der Waals surface area contributed by atoms with Crippen LogP contribution in [-0.2, 0) is 11.3 Å². The van der Waals surface area contributed by atoms with Gasteiger partial charge in [0.25, 0.3) is 0 Å². The highest BCUT2D eigenvalue weighted by Gasteiger charge is 2.15. The molecule has 0 saturated carbocycles. The van der Waals surface area contributed by atoms with Crippen molar-refractivity contribution in [2.24, 2.45) is 0 Å². The van der Waals surface area contributed by atoms with Crippen LogP contribution in [0.1, 0.15) is 18.9 Å². The molecule has 0 radical (unpaired) electrons. The van der Waals surface area contributed by atoms with Crippen LogP contribution in [0, 0.1) is 0 Å². The molecular weight excluding hydrogens is 322 g/mol. The molecule has 0 unspecified atom stereocenters. The molecule has 0 bridgehead atoms. The minimum atomic E-state index is -0.321. The third-order valence-electron chi connectivity index (χ3n) is 3.10. The van der Waals surface area contributed by atoms with Gasteiger partial charge >= 0.3 is 6.03 Å². The van der Waals surface area contributed by atoms with Crippen molar-refractivity contribution in [1.29, 1.82) is 0 Å². The van der Waals surface area contributed by atoms with Crippen LogP contribution in [0.2, 0.25) is 5.02 Å². The number of benzene rings is 1. The van der Waals surface area contributed by atoms with E-state index in [1.165, 1.54) is 6.92 Å². The van der Waals surface area contributed by atoms with Gasteiger partial charge < -0.3 is 25.4 Å². The molecule has 0 aromatic heterocycles. The van der Waals surface area contributed by atoms with Gasteiger partial charge in [-0.2, -0.15) is 0 Å². The lowest BCUT2D eigenvalue weighted by Gasteiger charge is -2.12. The Morgan fingerprint density at radius 2 is 1.87 bits per heavy atom. The van der Waals surface area contributed by atoms with Gasteiger partial charge in [0, 0.05) is 33.0 Å². The number of ether oxygens (including phenoxy) is 2. The molecule has 1 aliphatic rings. The first-order valence-electron chi connectivity index (χ1n) is 7.40. The third kappa shape index (κ3) is 5.52. The Morgan fingerprint density at radius 3 is 2.65 bits per heavy atom. The number of nitrogens with one attached hydrogen (secondary N) is 3. The van der Waals surface area contributed by atoms with E-state index >= 15 is 0 Å². The SMILES string of the molecule is CC(=O)NCCNC(=O)NCc1cc(Cl)c2c(c1)OCCCO2. The molecule has 1 heterocycles. The fraction of sp³-hybridized carbons (Fsp3) is 0.467. The first-order chi connectivity index (χ1) is 11.1. The summed E-state index contributed by atoms with van der Waals surface area (Å²) in [6.45, 7) is 3.62. The van der Waals surface area contributed by atoms with E-state index in [1.54, 1.807) is 6.07 Å². The number of fused-ring (bicyclic) bond motifs is 1. The maximum absolute atomic E-state index is 11.7. The second-order valence-electron chi connectivity index (χ2n) is 5.05. The Morgan fingerprint density at radius 1 is 1.13 bits per heavy atom. The van der Waals surface area contributed by atoms with Crippen molar-refractivity contribution in [2.45, 2.75) is 19.9 Å². The second-order valence-corrected chi connectivity index (χ2v) is 5.45. The molecule has 0 saturated heterocycles. The van der Waals surface area contributed by atoms with Crippen LogP contribution in [0.15, 0.2) is 12.1 Å².